The number of hydrogen-bond donors (Lipinski definition) is 1. The third-order valence-electron chi connectivity index (χ3n) is 3.91. The van der Waals surface area contributed by atoms with Gasteiger partial charge in [-0.2, -0.15) is 0 Å². The van der Waals surface area contributed by atoms with Crippen LogP contribution in [0.1, 0.15) is 25.3 Å². The monoisotopic (exact) mass is 326 g/mol. The molecule has 19 heavy (non-hydrogen) atoms. The summed E-state index contributed by atoms with van der Waals surface area (Å²) in [7, 11) is 2.21. The van der Waals surface area contributed by atoms with Crippen molar-refractivity contribution in [3.05, 3.63) is 28.2 Å². The van der Waals surface area contributed by atoms with Gasteiger partial charge in [-0.15, -0.1) is 0 Å². The van der Waals surface area contributed by atoms with E-state index >= 15 is 0 Å². The molecule has 1 heterocycles. The molecule has 0 aromatic heterocycles. The van der Waals surface area contributed by atoms with E-state index in [2.05, 4.69) is 51.8 Å². The molecule has 3 nitrogen and oxygen atoms in total. The lowest BCUT2D eigenvalue weighted by atomic mass is 10.1. The van der Waals surface area contributed by atoms with Gasteiger partial charge in [-0.3, -0.25) is 0 Å². The smallest absolute Gasteiger partial charge is 0.0692 e. The Morgan fingerprint density at radius 2 is 2.16 bits per heavy atom. The average molecular weight is 327 g/mol. The first-order valence-electron chi connectivity index (χ1n) is 7.00. The third-order valence-corrected chi connectivity index (χ3v) is 4.65. The Morgan fingerprint density at radius 1 is 1.37 bits per heavy atom. The largest absolute Gasteiger partial charge is 0.392 e. The number of aliphatic hydroxyl groups is 1. The highest BCUT2D eigenvalue weighted by Crippen LogP contribution is 2.27. The molecule has 4 heteroatoms. The van der Waals surface area contributed by atoms with Crippen molar-refractivity contribution in [3.63, 3.8) is 0 Å². The zero-order chi connectivity index (χ0) is 13.8. The van der Waals surface area contributed by atoms with Gasteiger partial charge < -0.3 is 14.9 Å². The lowest BCUT2D eigenvalue weighted by Crippen LogP contribution is -2.39. The second-order valence-electron chi connectivity index (χ2n) is 5.31. The number of likely N-dealkylation sites (N-methyl/N-ethyl adjacent to an activating group) is 1. The fraction of sp³-hybridized carbons (Fsp3) is 0.600. The van der Waals surface area contributed by atoms with Gasteiger partial charge in [-0.25, -0.2) is 0 Å². The van der Waals surface area contributed by atoms with E-state index in [1.165, 1.54) is 18.7 Å². The predicted molar refractivity (Wildman–Crippen MR) is 83.6 cm³/mol. The minimum atomic E-state index is 0.0841. The molecule has 0 radical (unpaired) electrons. The van der Waals surface area contributed by atoms with Crippen molar-refractivity contribution >= 4 is 21.6 Å². The summed E-state index contributed by atoms with van der Waals surface area (Å²) in [6, 6.07) is 6.85. The highest BCUT2D eigenvalue weighted by Gasteiger charge is 2.22. The van der Waals surface area contributed by atoms with Crippen molar-refractivity contribution in [3.8, 4) is 0 Å². The number of aliphatic hydroxyl groups excluding tert-OH is 1. The molecule has 0 spiro atoms. The van der Waals surface area contributed by atoms with Gasteiger partial charge in [0.1, 0.15) is 0 Å². The number of nitrogens with zero attached hydrogens (tertiary/aromatic N) is 2. The summed E-state index contributed by atoms with van der Waals surface area (Å²) in [5.41, 5.74) is 2.20. The molecular formula is C15H23BrN2O. The topological polar surface area (TPSA) is 26.7 Å². The van der Waals surface area contributed by atoms with Crippen LogP contribution in [0.3, 0.4) is 0 Å². The molecule has 0 saturated carbocycles. The Hall–Kier alpha value is -0.580. The molecule has 1 N–H and O–H groups in total. The summed E-state index contributed by atoms with van der Waals surface area (Å²) in [6.45, 7) is 5.74. The summed E-state index contributed by atoms with van der Waals surface area (Å²) in [4.78, 5) is 4.93. The van der Waals surface area contributed by atoms with Crippen molar-refractivity contribution in [1.82, 2.24) is 4.90 Å². The second kappa shape index (κ2) is 6.73. The van der Waals surface area contributed by atoms with Gasteiger partial charge in [0, 0.05) is 29.3 Å². The zero-order valence-corrected chi connectivity index (χ0v) is 13.4. The molecule has 106 valence electrons. The van der Waals surface area contributed by atoms with Crippen LogP contribution in [0.5, 0.6) is 0 Å². The van der Waals surface area contributed by atoms with E-state index in [9.17, 15) is 5.11 Å². The molecule has 1 unspecified atom stereocenters. The Balaban J connectivity index is 2.25. The summed E-state index contributed by atoms with van der Waals surface area (Å²) >= 11 is 3.55. The average Bonchev–Trinajstić information content (AvgIpc) is 2.60. The zero-order valence-electron chi connectivity index (χ0n) is 11.8. The molecule has 0 amide bonds. The molecule has 1 saturated heterocycles. The van der Waals surface area contributed by atoms with Gasteiger partial charge >= 0.3 is 0 Å². The van der Waals surface area contributed by atoms with Crippen LogP contribution in [-0.4, -0.2) is 42.7 Å². The Morgan fingerprint density at radius 3 is 2.79 bits per heavy atom. The fourth-order valence-corrected chi connectivity index (χ4v) is 3.27. The standard InChI is InChI=1S/C15H23BrN2O/c1-3-13-10-17(2)7-4-8-18(13)14-6-5-12(11-19)15(16)9-14/h5-6,9,13,19H,3-4,7-8,10-11H2,1-2H3. The minimum Gasteiger partial charge on any atom is -0.392 e. The lowest BCUT2D eigenvalue weighted by molar-refractivity contribution is 0.281. The highest BCUT2D eigenvalue weighted by atomic mass is 79.9. The van der Waals surface area contributed by atoms with Gasteiger partial charge in [-0.1, -0.05) is 28.9 Å². The Kier molecular flexibility index (Phi) is 5.25. The number of anilines is 1. The van der Waals surface area contributed by atoms with E-state index in [0.29, 0.717) is 6.04 Å². The first-order valence-corrected chi connectivity index (χ1v) is 7.79. The van der Waals surface area contributed by atoms with E-state index in [0.717, 1.165) is 29.5 Å². The van der Waals surface area contributed by atoms with Crippen molar-refractivity contribution in [2.24, 2.45) is 0 Å². The van der Waals surface area contributed by atoms with E-state index in [-0.39, 0.29) is 6.61 Å². The molecule has 2 rings (SSSR count). The number of hydrogen-bond acceptors (Lipinski definition) is 3. The van der Waals surface area contributed by atoms with Crippen LogP contribution >= 0.6 is 15.9 Å². The summed E-state index contributed by atoms with van der Waals surface area (Å²) in [5.74, 6) is 0. The van der Waals surface area contributed by atoms with Crippen LogP contribution in [0.15, 0.2) is 22.7 Å². The SMILES string of the molecule is CCC1CN(C)CCCN1c1ccc(CO)c(Br)c1. The summed E-state index contributed by atoms with van der Waals surface area (Å²) in [6.07, 6.45) is 2.36. The van der Waals surface area contributed by atoms with Gasteiger partial charge in [0.05, 0.1) is 6.61 Å². The number of benzene rings is 1. The van der Waals surface area contributed by atoms with Crippen LogP contribution < -0.4 is 4.90 Å². The maximum atomic E-state index is 9.25. The van der Waals surface area contributed by atoms with Crippen LogP contribution in [0.25, 0.3) is 0 Å². The lowest BCUT2D eigenvalue weighted by Gasteiger charge is -2.32. The molecule has 1 atom stereocenters. The van der Waals surface area contributed by atoms with Crippen LogP contribution in [0.4, 0.5) is 5.69 Å². The van der Waals surface area contributed by atoms with Gasteiger partial charge in [0.2, 0.25) is 0 Å². The minimum absolute atomic E-state index is 0.0841. The second-order valence-corrected chi connectivity index (χ2v) is 6.16. The van der Waals surface area contributed by atoms with Crippen molar-refractivity contribution in [1.29, 1.82) is 0 Å². The molecule has 1 aromatic carbocycles. The van der Waals surface area contributed by atoms with E-state index in [1.807, 2.05) is 6.07 Å². The molecule has 0 bridgehead atoms. The van der Waals surface area contributed by atoms with Crippen molar-refractivity contribution in [2.45, 2.75) is 32.4 Å². The van der Waals surface area contributed by atoms with Gasteiger partial charge in [0.15, 0.2) is 0 Å². The molecule has 0 aliphatic carbocycles. The Labute approximate surface area is 124 Å². The van der Waals surface area contributed by atoms with E-state index in [1.54, 1.807) is 0 Å². The van der Waals surface area contributed by atoms with E-state index < -0.39 is 0 Å². The first kappa shape index (κ1) is 14.8. The van der Waals surface area contributed by atoms with Crippen LogP contribution in [0.2, 0.25) is 0 Å². The normalized spacial score (nSPS) is 21.5. The number of halogens is 1. The summed E-state index contributed by atoms with van der Waals surface area (Å²) in [5, 5.41) is 9.25. The maximum Gasteiger partial charge on any atom is 0.0692 e. The molecule has 1 aromatic rings. The highest BCUT2D eigenvalue weighted by molar-refractivity contribution is 9.10. The first-order chi connectivity index (χ1) is 9.15. The fourth-order valence-electron chi connectivity index (χ4n) is 2.78. The number of rotatable bonds is 3. The molecule has 1 aliphatic rings. The molecular weight excluding hydrogens is 304 g/mol. The quantitative estimate of drug-likeness (QED) is 0.925. The van der Waals surface area contributed by atoms with Gasteiger partial charge in [0.25, 0.3) is 0 Å². The van der Waals surface area contributed by atoms with Crippen molar-refractivity contribution < 1.29 is 5.11 Å². The van der Waals surface area contributed by atoms with E-state index in [4.69, 9.17) is 0 Å². The van der Waals surface area contributed by atoms with Gasteiger partial charge in [-0.05, 0) is 44.1 Å². The predicted octanol–water partition coefficient (Wildman–Crippen LogP) is 2.86. The molecule has 1 aliphatic heterocycles. The maximum absolute atomic E-state index is 9.25. The third kappa shape index (κ3) is 3.50. The van der Waals surface area contributed by atoms with Crippen LogP contribution in [-0.2, 0) is 6.61 Å². The van der Waals surface area contributed by atoms with Crippen LogP contribution in [0, 0.1) is 0 Å². The summed E-state index contributed by atoms with van der Waals surface area (Å²) < 4.78 is 1.000. The Bertz CT molecular complexity index is 425. The molecule has 1 fully saturated rings. The van der Waals surface area contributed by atoms with Crippen molar-refractivity contribution in [2.75, 3.05) is 31.6 Å².